The molecule has 0 aliphatic rings. The zero-order chi connectivity index (χ0) is 17.1. The lowest BCUT2D eigenvalue weighted by molar-refractivity contribution is 0.398. The van der Waals surface area contributed by atoms with Gasteiger partial charge in [-0.05, 0) is 49.4 Å². The van der Waals surface area contributed by atoms with Gasteiger partial charge in [-0.1, -0.05) is 13.8 Å². The number of benzene rings is 1. The molecule has 0 fully saturated rings. The molecule has 0 aromatic heterocycles. The molecule has 1 rings (SSSR count). The predicted molar refractivity (Wildman–Crippen MR) is 96.7 cm³/mol. The topological polar surface area (TPSA) is 54.9 Å². The van der Waals surface area contributed by atoms with E-state index in [0.29, 0.717) is 5.92 Å². The fraction of sp³-hybridized carbons (Fsp3) is 0.611. The summed E-state index contributed by atoms with van der Waals surface area (Å²) in [5.41, 5.74) is 1.12. The van der Waals surface area contributed by atoms with Crippen LogP contribution in [-0.4, -0.2) is 39.8 Å². The second-order valence-corrected chi connectivity index (χ2v) is 5.80. The summed E-state index contributed by atoms with van der Waals surface area (Å²) in [6.45, 7) is 8.99. The summed E-state index contributed by atoms with van der Waals surface area (Å²) >= 11 is 0. The first-order valence-electron chi connectivity index (χ1n) is 8.33. The van der Waals surface area contributed by atoms with Crippen molar-refractivity contribution >= 4 is 5.96 Å². The Labute approximate surface area is 140 Å². The van der Waals surface area contributed by atoms with Crippen LogP contribution < -0.4 is 20.1 Å². The average molecular weight is 321 g/mol. The van der Waals surface area contributed by atoms with Crippen molar-refractivity contribution in [3.05, 3.63) is 23.8 Å². The molecule has 0 aliphatic heterocycles. The first-order chi connectivity index (χ1) is 11.1. The monoisotopic (exact) mass is 321 g/mol. The molecular weight excluding hydrogens is 290 g/mol. The van der Waals surface area contributed by atoms with Crippen LogP contribution in [0.4, 0.5) is 0 Å². The maximum Gasteiger partial charge on any atom is 0.191 e. The van der Waals surface area contributed by atoms with Crippen LogP contribution in [0.2, 0.25) is 0 Å². The second-order valence-electron chi connectivity index (χ2n) is 5.80. The molecule has 23 heavy (non-hydrogen) atoms. The zero-order valence-electron chi connectivity index (χ0n) is 15.1. The van der Waals surface area contributed by atoms with Crippen LogP contribution in [0, 0.1) is 5.92 Å². The van der Waals surface area contributed by atoms with Crippen LogP contribution in [-0.2, 0) is 6.42 Å². The summed E-state index contributed by atoms with van der Waals surface area (Å²) in [4.78, 5) is 4.60. The fourth-order valence-electron chi connectivity index (χ4n) is 2.17. The Kier molecular flexibility index (Phi) is 8.95. The number of ether oxygens (including phenoxy) is 2. The van der Waals surface area contributed by atoms with E-state index in [0.717, 1.165) is 55.5 Å². The third-order valence-electron chi connectivity index (χ3n) is 3.49. The highest BCUT2D eigenvalue weighted by Crippen LogP contribution is 2.24. The summed E-state index contributed by atoms with van der Waals surface area (Å²) in [5, 5.41) is 6.65. The van der Waals surface area contributed by atoms with Gasteiger partial charge in [0, 0.05) is 19.6 Å². The largest absolute Gasteiger partial charge is 0.497 e. The maximum atomic E-state index is 5.41. The van der Waals surface area contributed by atoms with Crippen molar-refractivity contribution in [1.82, 2.24) is 10.6 Å². The number of aliphatic imine (C=N–C) groups is 1. The summed E-state index contributed by atoms with van der Waals surface area (Å²) < 4.78 is 10.7. The summed E-state index contributed by atoms with van der Waals surface area (Å²) in [7, 11) is 3.37. The van der Waals surface area contributed by atoms with Gasteiger partial charge in [0.15, 0.2) is 5.96 Å². The van der Waals surface area contributed by atoms with E-state index in [1.807, 2.05) is 18.2 Å². The molecule has 0 radical (unpaired) electrons. The highest BCUT2D eigenvalue weighted by atomic mass is 16.5. The highest BCUT2D eigenvalue weighted by Gasteiger charge is 2.05. The van der Waals surface area contributed by atoms with E-state index in [1.165, 1.54) is 0 Å². The predicted octanol–water partition coefficient (Wildman–Crippen LogP) is 2.85. The standard InChI is InChI=1S/C18H31N3O2/c1-6-19-18(20-11-9-14(2)3)21-12-10-15-13-16(22-4)7-8-17(15)23-5/h7-8,13-14H,6,9-12H2,1-5H3,(H2,19,20,21). The van der Waals surface area contributed by atoms with E-state index >= 15 is 0 Å². The molecule has 1 aromatic rings. The lowest BCUT2D eigenvalue weighted by atomic mass is 10.1. The molecule has 0 atom stereocenters. The number of nitrogens with zero attached hydrogens (tertiary/aromatic N) is 1. The Morgan fingerprint density at radius 3 is 2.57 bits per heavy atom. The number of rotatable bonds is 9. The van der Waals surface area contributed by atoms with Gasteiger partial charge in [-0.25, -0.2) is 0 Å². The van der Waals surface area contributed by atoms with Crippen LogP contribution in [0.25, 0.3) is 0 Å². The normalized spacial score (nSPS) is 11.5. The number of nitrogens with one attached hydrogen (secondary N) is 2. The number of methoxy groups -OCH3 is 2. The molecule has 130 valence electrons. The zero-order valence-corrected chi connectivity index (χ0v) is 15.1. The molecule has 5 nitrogen and oxygen atoms in total. The van der Waals surface area contributed by atoms with E-state index < -0.39 is 0 Å². The smallest absolute Gasteiger partial charge is 0.191 e. The molecule has 5 heteroatoms. The van der Waals surface area contributed by atoms with Crippen LogP contribution in [0.5, 0.6) is 11.5 Å². The van der Waals surface area contributed by atoms with E-state index in [1.54, 1.807) is 14.2 Å². The minimum atomic E-state index is 0.669. The molecule has 1 aromatic carbocycles. The van der Waals surface area contributed by atoms with Gasteiger partial charge in [-0.15, -0.1) is 0 Å². The Balaban J connectivity index is 2.58. The molecule has 0 unspecified atom stereocenters. The first kappa shape index (κ1) is 19.1. The van der Waals surface area contributed by atoms with Gasteiger partial charge in [0.05, 0.1) is 14.2 Å². The number of guanidine groups is 1. The molecule has 0 saturated carbocycles. The molecule has 0 saturated heterocycles. The highest BCUT2D eigenvalue weighted by molar-refractivity contribution is 5.79. The van der Waals surface area contributed by atoms with Crippen LogP contribution >= 0.6 is 0 Å². The van der Waals surface area contributed by atoms with Crippen molar-refractivity contribution in [2.45, 2.75) is 33.6 Å². The maximum absolute atomic E-state index is 5.41. The van der Waals surface area contributed by atoms with Crippen molar-refractivity contribution in [2.75, 3.05) is 33.9 Å². The average Bonchev–Trinajstić information content (AvgIpc) is 2.54. The van der Waals surface area contributed by atoms with Crippen molar-refractivity contribution in [1.29, 1.82) is 0 Å². The molecule has 0 heterocycles. The van der Waals surface area contributed by atoms with Gasteiger partial charge in [-0.3, -0.25) is 4.99 Å². The Morgan fingerprint density at radius 2 is 1.96 bits per heavy atom. The Bertz CT molecular complexity index is 487. The molecule has 0 bridgehead atoms. The number of hydrogen-bond acceptors (Lipinski definition) is 3. The molecule has 0 aliphatic carbocycles. The Hall–Kier alpha value is -1.91. The third kappa shape index (κ3) is 7.26. The quantitative estimate of drug-likeness (QED) is 0.542. The summed E-state index contributed by atoms with van der Waals surface area (Å²) in [6.07, 6.45) is 1.94. The van der Waals surface area contributed by atoms with Gasteiger partial charge < -0.3 is 20.1 Å². The lowest BCUT2D eigenvalue weighted by Gasteiger charge is -2.14. The van der Waals surface area contributed by atoms with Gasteiger partial charge in [-0.2, -0.15) is 0 Å². The Morgan fingerprint density at radius 1 is 1.17 bits per heavy atom. The van der Waals surface area contributed by atoms with Crippen molar-refractivity contribution in [3.63, 3.8) is 0 Å². The summed E-state index contributed by atoms with van der Waals surface area (Å²) in [6, 6.07) is 5.87. The molecule has 0 amide bonds. The van der Waals surface area contributed by atoms with Crippen LogP contribution in [0.15, 0.2) is 23.2 Å². The van der Waals surface area contributed by atoms with E-state index in [-0.39, 0.29) is 0 Å². The SMILES string of the molecule is CCNC(=NCCC(C)C)NCCc1cc(OC)ccc1OC. The van der Waals surface area contributed by atoms with Gasteiger partial charge in [0.25, 0.3) is 0 Å². The third-order valence-corrected chi connectivity index (χ3v) is 3.49. The minimum absolute atomic E-state index is 0.669. The van der Waals surface area contributed by atoms with Gasteiger partial charge >= 0.3 is 0 Å². The lowest BCUT2D eigenvalue weighted by Crippen LogP contribution is -2.38. The number of hydrogen-bond donors (Lipinski definition) is 2. The fourth-order valence-corrected chi connectivity index (χ4v) is 2.17. The van der Waals surface area contributed by atoms with Gasteiger partial charge in [0.1, 0.15) is 11.5 Å². The van der Waals surface area contributed by atoms with Crippen molar-refractivity contribution in [2.24, 2.45) is 10.9 Å². The molecular formula is C18H31N3O2. The van der Waals surface area contributed by atoms with Crippen molar-refractivity contribution in [3.8, 4) is 11.5 Å². The van der Waals surface area contributed by atoms with E-state index in [4.69, 9.17) is 9.47 Å². The molecule has 0 spiro atoms. The van der Waals surface area contributed by atoms with E-state index in [9.17, 15) is 0 Å². The van der Waals surface area contributed by atoms with Crippen LogP contribution in [0.3, 0.4) is 0 Å². The first-order valence-corrected chi connectivity index (χ1v) is 8.33. The van der Waals surface area contributed by atoms with E-state index in [2.05, 4.69) is 36.4 Å². The van der Waals surface area contributed by atoms with Crippen molar-refractivity contribution < 1.29 is 9.47 Å². The second kappa shape index (κ2) is 10.8. The minimum Gasteiger partial charge on any atom is -0.497 e. The summed E-state index contributed by atoms with van der Waals surface area (Å²) in [5.74, 6) is 3.27. The van der Waals surface area contributed by atoms with Crippen LogP contribution in [0.1, 0.15) is 32.8 Å². The molecule has 2 N–H and O–H groups in total. The van der Waals surface area contributed by atoms with Gasteiger partial charge in [0.2, 0.25) is 0 Å².